The number of hydrogen-bond acceptors (Lipinski definition) is 5. The van der Waals surface area contributed by atoms with Gasteiger partial charge in [0.15, 0.2) is 11.9 Å². The number of carbonyl (C=O) groups is 2. The molecule has 0 fully saturated rings. The van der Waals surface area contributed by atoms with Crippen LogP contribution in [0, 0.1) is 5.82 Å². The van der Waals surface area contributed by atoms with E-state index in [0.29, 0.717) is 10.6 Å². The van der Waals surface area contributed by atoms with Crippen LogP contribution in [0.5, 0.6) is 0 Å². The number of amides is 1. The van der Waals surface area contributed by atoms with Crippen LogP contribution in [-0.2, 0) is 11.2 Å². The van der Waals surface area contributed by atoms with Gasteiger partial charge in [-0.15, -0.1) is 5.10 Å². The van der Waals surface area contributed by atoms with Crippen molar-refractivity contribution in [3.63, 3.8) is 0 Å². The highest BCUT2D eigenvalue weighted by Crippen LogP contribution is 2.19. The number of carboxylic acids is 1. The molecule has 0 aliphatic rings. The van der Waals surface area contributed by atoms with E-state index < -0.39 is 29.8 Å². The molecule has 1 aromatic heterocycles. The smallest absolute Gasteiger partial charge is 0.334 e. The minimum atomic E-state index is -1.88. The second-order valence-corrected chi connectivity index (χ2v) is 6.23. The number of aromatic nitrogens is 3. The first kappa shape index (κ1) is 18.7. The predicted octanol–water partition coefficient (Wildman–Crippen LogP) is 1.54. The first-order valence-electron chi connectivity index (χ1n) is 7.82. The molecular formula is C17H14ClFN4O4. The SMILES string of the molecule is O=C(N[C@H](Cc1ccccc1Cl)[C@H](O)C(=O)O)c1cc(F)c2nn[nH]c2c1. The molecule has 0 unspecified atom stereocenters. The van der Waals surface area contributed by atoms with Crippen LogP contribution in [-0.4, -0.2) is 49.6 Å². The Morgan fingerprint density at radius 2 is 2.04 bits per heavy atom. The minimum Gasteiger partial charge on any atom is -0.479 e. The lowest BCUT2D eigenvalue weighted by Gasteiger charge is -2.22. The van der Waals surface area contributed by atoms with Crippen LogP contribution in [0.2, 0.25) is 5.02 Å². The van der Waals surface area contributed by atoms with Crippen LogP contribution in [0.25, 0.3) is 11.0 Å². The van der Waals surface area contributed by atoms with Gasteiger partial charge in [0.1, 0.15) is 5.52 Å². The van der Waals surface area contributed by atoms with Crippen molar-refractivity contribution >= 4 is 34.5 Å². The van der Waals surface area contributed by atoms with E-state index in [-0.39, 0.29) is 23.0 Å². The first-order chi connectivity index (χ1) is 12.9. The largest absolute Gasteiger partial charge is 0.479 e. The van der Waals surface area contributed by atoms with Crippen LogP contribution in [0.4, 0.5) is 4.39 Å². The summed E-state index contributed by atoms with van der Waals surface area (Å²) in [6.07, 6.45) is -1.91. The number of halogens is 2. The van der Waals surface area contributed by atoms with Crippen LogP contribution in [0.15, 0.2) is 36.4 Å². The molecule has 0 aliphatic heterocycles. The van der Waals surface area contributed by atoms with E-state index in [2.05, 4.69) is 20.7 Å². The average molecular weight is 393 g/mol. The molecule has 3 rings (SSSR count). The van der Waals surface area contributed by atoms with Crippen molar-refractivity contribution in [3.8, 4) is 0 Å². The number of nitrogens with one attached hydrogen (secondary N) is 2. The minimum absolute atomic E-state index is 0.0234. The maximum Gasteiger partial charge on any atom is 0.334 e. The molecular weight excluding hydrogens is 379 g/mol. The van der Waals surface area contributed by atoms with Crippen molar-refractivity contribution in [1.29, 1.82) is 0 Å². The summed E-state index contributed by atoms with van der Waals surface area (Å²) in [6, 6.07) is 7.75. The van der Waals surface area contributed by atoms with Gasteiger partial charge in [0.2, 0.25) is 0 Å². The summed E-state index contributed by atoms with van der Waals surface area (Å²) in [5, 5.41) is 31.4. The fourth-order valence-corrected chi connectivity index (χ4v) is 2.83. The van der Waals surface area contributed by atoms with Crippen molar-refractivity contribution in [2.24, 2.45) is 0 Å². The number of aliphatic hydroxyl groups is 1. The van der Waals surface area contributed by atoms with Crippen molar-refractivity contribution in [1.82, 2.24) is 20.7 Å². The fraction of sp³-hybridized carbons (Fsp3) is 0.176. The molecule has 1 amide bonds. The standard InChI is InChI=1S/C17H14ClFN4O4/c18-10-4-2-1-3-8(10)6-13(15(24)17(26)27)20-16(25)9-5-11(19)14-12(7-9)21-23-22-14/h1-5,7,13,15,24H,6H2,(H,20,25)(H,26,27)(H,21,22,23)/t13-,15+/m1/s1. The van der Waals surface area contributed by atoms with E-state index in [1.165, 1.54) is 6.07 Å². The zero-order valence-corrected chi connectivity index (χ0v) is 14.4. The molecule has 2 atom stereocenters. The number of hydrogen-bond donors (Lipinski definition) is 4. The van der Waals surface area contributed by atoms with E-state index >= 15 is 0 Å². The van der Waals surface area contributed by atoms with Crippen molar-refractivity contribution in [2.45, 2.75) is 18.6 Å². The molecule has 8 nitrogen and oxygen atoms in total. The zero-order valence-electron chi connectivity index (χ0n) is 13.7. The first-order valence-corrected chi connectivity index (χ1v) is 8.20. The maximum atomic E-state index is 14.0. The molecule has 3 aromatic rings. The Bertz CT molecular complexity index is 1010. The van der Waals surface area contributed by atoms with Gasteiger partial charge >= 0.3 is 5.97 Å². The molecule has 0 aliphatic carbocycles. The van der Waals surface area contributed by atoms with Crippen molar-refractivity contribution in [2.75, 3.05) is 0 Å². The van der Waals surface area contributed by atoms with Crippen LogP contribution in [0.1, 0.15) is 15.9 Å². The number of benzene rings is 2. The third kappa shape index (κ3) is 4.04. The topological polar surface area (TPSA) is 128 Å². The number of nitrogens with zero attached hydrogens (tertiary/aromatic N) is 2. The Hall–Kier alpha value is -3.04. The van der Waals surface area contributed by atoms with Crippen molar-refractivity contribution < 1.29 is 24.2 Å². The maximum absolute atomic E-state index is 14.0. The average Bonchev–Trinajstić information content (AvgIpc) is 3.11. The van der Waals surface area contributed by atoms with Crippen LogP contribution >= 0.6 is 11.6 Å². The van der Waals surface area contributed by atoms with E-state index in [4.69, 9.17) is 16.7 Å². The number of aromatic amines is 1. The van der Waals surface area contributed by atoms with Gasteiger partial charge in [-0.2, -0.15) is 0 Å². The molecule has 10 heteroatoms. The van der Waals surface area contributed by atoms with Gasteiger partial charge in [-0.05, 0) is 30.2 Å². The fourth-order valence-electron chi connectivity index (χ4n) is 2.61. The Morgan fingerprint density at radius 3 is 2.74 bits per heavy atom. The summed E-state index contributed by atoms with van der Waals surface area (Å²) in [6.45, 7) is 0. The third-order valence-electron chi connectivity index (χ3n) is 3.99. The van der Waals surface area contributed by atoms with Gasteiger partial charge in [-0.1, -0.05) is 35.0 Å². The number of H-pyrrole nitrogens is 1. The quantitative estimate of drug-likeness (QED) is 0.503. The third-order valence-corrected chi connectivity index (χ3v) is 4.36. The number of fused-ring (bicyclic) bond motifs is 1. The van der Waals surface area contributed by atoms with E-state index in [9.17, 15) is 19.1 Å². The highest BCUT2D eigenvalue weighted by molar-refractivity contribution is 6.31. The lowest BCUT2D eigenvalue weighted by molar-refractivity contribution is -0.148. The molecule has 1 heterocycles. The van der Waals surface area contributed by atoms with Crippen LogP contribution < -0.4 is 5.32 Å². The van der Waals surface area contributed by atoms with Gasteiger partial charge in [-0.25, -0.2) is 9.18 Å². The highest BCUT2D eigenvalue weighted by Gasteiger charge is 2.29. The lowest BCUT2D eigenvalue weighted by Crippen LogP contribution is -2.48. The van der Waals surface area contributed by atoms with E-state index in [1.807, 2.05) is 0 Å². The summed E-state index contributed by atoms with van der Waals surface area (Å²) >= 11 is 6.07. The lowest BCUT2D eigenvalue weighted by atomic mass is 10.0. The summed E-state index contributed by atoms with van der Waals surface area (Å²) in [5.74, 6) is -3.03. The van der Waals surface area contributed by atoms with Crippen LogP contribution in [0.3, 0.4) is 0 Å². The Kier molecular flexibility index (Phi) is 5.33. The monoisotopic (exact) mass is 392 g/mol. The van der Waals surface area contributed by atoms with E-state index in [0.717, 1.165) is 6.07 Å². The van der Waals surface area contributed by atoms with Gasteiger partial charge in [0.05, 0.1) is 11.6 Å². The summed E-state index contributed by atoms with van der Waals surface area (Å²) < 4.78 is 14.0. The molecule has 0 bridgehead atoms. The van der Waals surface area contributed by atoms with Gasteiger partial charge in [-0.3, -0.25) is 9.89 Å². The number of carboxylic acid groups (broad SMARTS) is 1. The molecule has 140 valence electrons. The number of aliphatic carboxylic acids is 1. The summed E-state index contributed by atoms with van der Waals surface area (Å²) in [4.78, 5) is 23.7. The molecule has 27 heavy (non-hydrogen) atoms. The highest BCUT2D eigenvalue weighted by atomic mass is 35.5. The molecule has 2 aromatic carbocycles. The Labute approximate surface area is 157 Å². The number of carbonyl (C=O) groups excluding carboxylic acids is 1. The van der Waals surface area contributed by atoms with E-state index in [1.54, 1.807) is 24.3 Å². The normalized spacial score (nSPS) is 13.3. The summed E-state index contributed by atoms with van der Waals surface area (Å²) in [7, 11) is 0. The number of rotatable bonds is 6. The molecule has 0 saturated carbocycles. The second-order valence-electron chi connectivity index (χ2n) is 5.82. The number of aliphatic hydroxyl groups excluding tert-OH is 1. The molecule has 0 saturated heterocycles. The second kappa shape index (κ2) is 7.68. The van der Waals surface area contributed by atoms with Gasteiger partial charge in [0, 0.05) is 10.6 Å². The summed E-state index contributed by atoms with van der Waals surface area (Å²) in [5.41, 5.74) is 0.656. The molecule has 4 N–H and O–H groups in total. The zero-order chi connectivity index (χ0) is 19.6. The van der Waals surface area contributed by atoms with Gasteiger partial charge < -0.3 is 15.5 Å². The van der Waals surface area contributed by atoms with Gasteiger partial charge in [0.25, 0.3) is 5.91 Å². The molecule has 0 radical (unpaired) electrons. The van der Waals surface area contributed by atoms with Crippen molar-refractivity contribution in [3.05, 3.63) is 58.4 Å². The molecule has 0 spiro atoms. The Balaban J connectivity index is 1.87. The predicted molar refractivity (Wildman–Crippen MR) is 93.9 cm³/mol. The Morgan fingerprint density at radius 1 is 1.30 bits per heavy atom.